The van der Waals surface area contributed by atoms with Crippen LogP contribution in [0.15, 0.2) is 24.3 Å². The monoisotopic (exact) mass is 291 g/mol. The Kier molecular flexibility index (Phi) is 7.22. The number of hydrogen-bond acceptors (Lipinski definition) is 3. The van der Waals surface area contributed by atoms with Crippen LogP contribution in [0.1, 0.15) is 26.2 Å². The van der Waals surface area contributed by atoms with E-state index in [1.165, 1.54) is 24.3 Å². The lowest BCUT2D eigenvalue weighted by Crippen LogP contribution is -2.17. The number of alkyl halides is 3. The van der Waals surface area contributed by atoms with Gasteiger partial charge in [-0.05, 0) is 56.6 Å². The molecule has 0 amide bonds. The fraction of sp³-hybridized carbons (Fsp3) is 0.571. The Morgan fingerprint density at radius 3 is 2.25 bits per heavy atom. The maximum absolute atomic E-state index is 12.0. The molecule has 0 unspecified atom stereocenters. The van der Waals surface area contributed by atoms with Gasteiger partial charge in [-0.3, -0.25) is 0 Å². The van der Waals surface area contributed by atoms with Crippen LogP contribution < -0.4 is 14.8 Å². The molecule has 114 valence electrons. The summed E-state index contributed by atoms with van der Waals surface area (Å²) in [5.41, 5.74) is 0. The van der Waals surface area contributed by atoms with Crippen molar-refractivity contribution in [3.05, 3.63) is 24.3 Å². The van der Waals surface area contributed by atoms with Gasteiger partial charge in [0.05, 0.1) is 6.61 Å². The van der Waals surface area contributed by atoms with Crippen LogP contribution in [0.25, 0.3) is 0 Å². The largest absolute Gasteiger partial charge is 0.573 e. The quantitative estimate of drug-likeness (QED) is 0.703. The lowest BCUT2D eigenvalue weighted by atomic mass is 10.3. The van der Waals surface area contributed by atoms with E-state index in [1.807, 2.05) is 0 Å². The van der Waals surface area contributed by atoms with Crippen LogP contribution in [0.5, 0.6) is 11.5 Å². The summed E-state index contributed by atoms with van der Waals surface area (Å²) in [6, 6.07) is 5.42. The molecule has 0 aliphatic carbocycles. The average Bonchev–Trinajstić information content (AvgIpc) is 2.38. The van der Waals surface area contributed by atoms with Gasteiger partial charge < -0.3 is 14.8 Å². The second-order valence-electron chi connectivity index (χ2n) is 4.32. The molecule has 0 aliphatic rings. The van der Waals surface area contributed by atoms with E-state index in [1.54, 1.807) is 0 Å². The molecule has 1 aromatic carbocycles. The van der Waals surface area contributed by atoms with Crippen molar-refractivity contribution in [3.8, 4) is 11.5 Å². The Hall–Kier alpha value is -1.43. The lowest BCUT2D eigenvalue weighted by molar-refractivity contribution is -0.274. The summed E-state index contributed by atoms with van der Waals surface area (Å²) < 4.78 is 45.1. The molecule has 0 saturated heterocycles. The Bertz CT molecular complexity index is 366. The number of hydrogen-bond donors (Lipinski definition) is 1. The fourth-order valence-corrected chi connectivity index (χ4v) is 1.58. The van der Waals surface area contributed by atoms with Crippen LogP contribution in [0.2, 0.25) is 0 Å². The first-order valence-corrected chi connectivity index (χ1v) is 6.70. The second kappa shape index (κ2) is 8.68. The van der Waals surface area contributed by atoms with Gasteiger partial charge >= 0.3 is 6.36 Å². The Morgan fingerprint density at radius 2 is 1.65 bits per heavy atom. The molecule has 0 heterocycles. The van der Waals surface area contributed by atoms with E-state index in [0.29, 0.717) is 12.4 Å². The molecule has 0 radical (unpaired) electrons. The smallest absolute Gasteiger partial charge is 0.494 e. The Balaban J connectivity index is 2.18. The van der Waals surface area contributed by atoms with Gasteiger partial charge in [0.25, 0.3) is 0 Å². The zero-order valence-electron chi connectivity index (χ0n) is 11.5. The van der Waals surface area contributed by atoms with Crippen LogP contribution in [-0.2, 0) is 0 Å². The maximum atomic E-state index is 12.0. The highest BCUT2D eigenvalue weighted by atomic mass is 19.4. The van der Waals surface area contributed by atoms with E-state index in [4.69, 9.17) is 4.74 Å². The molecule has 0 fully saturated rings. The van der Waals surface area contributed by atoms with E-state index >= 15 is 0 Å². The number of unbranched alkanes of at least 4 members (excludes halogenated alkanes) is 1. The predicted octanol–water partition coefficient (Wildman–Crippen LogP) is 3.74. The SMILES string of the molecule is CCCNCCCCOc1ccc(OC(F)(F)F)cc1. The van der Waals surface area contributed by atoms with E-state index in [0.717, 1.165) is 32.4 Å². The Morgan fingerprint density at radius 1 is 1.00 bits per heavy atom. The van der Waals surface area contributed by atoms with Crippen molar-refractivity contribution in [3.63, 3.8) is 0 Å². The normalized spacial score (nSPS) is 11.4. The van der Waals surface area contributed by atoms with Gasteiger partial charge in [0.15, 0.2) is 0 Å². The fourth-order valence-electron chi connectivity index (χ4n) is 1.58. The number of rotatable bonds is 9. The van der Waals surface area contributed by atoms with Crippen LogP contribution in [-0.4, -0.2) is 26.1 Å². The summed E-state index contributed by atoms with van der Waals surface area (Å²) in [7, 11) is 0. The molecule has 20 heavy (non-hydrogen) atoms. The van der Waals surface area contributed by atoms with Crippen LogP contribution >= 0.6 is 0 Å². The van der Waals surface area contributed by atoms with E-state index in [2.05, 4.69) is 17.0 Å². The Labute approximate surface area is 117 Å². The van der Waals surface area contributed by atoms with Gasteiger partial charge in [0, 0.05) is 0 Å². The first-order chi connectivity index (χ1) is 9.51. The number of halogens is 3. The van der Waals surface area contributed by atoms with Crippen LogP contribution in [0.3, 0.4) is 0 Å². The molecule has 6 heteroatoms. The molecule has 0 atom stereocenters. The van der Waals surface area contributed by atoms with E-state index in [9.17, 15) is 13.2 Å². The molecule has 0 saturated carbocycles. The summed E-state index contributed by atoms with van der Waals surface area (Å²) >= 11 is 0. The molecular formula is C14H20F3NO2. The molecule has 1 N–H and O–H groups in total. The third-order valence-electron chi connectivity index (χ3n) is 2.50. The standard InChI is InChI=1S/C14H20F3NO2/c1-2-9-18-10-3-4-11-19-12-5-7-13(8-6-12)20-14(15,16)17/h5-8,18H,2-4,9-11H2,1H3. The van der Waals surface area contributed by atoms with Gasteiger partial charge in [-0.2, -0.15) is 0 Å². The minimum atomic E-state index is -4.66. The third-order valence-corrected chi connectivity index (χ3v) is 2.50. The van der Waals surface area contributed by atoms with Gasteiger partial charge in [0.2, 0.25) is 0 Å². The van der Waals surface area contributed by atoms with Gasteiger partial charge in [0.1, 0.15) is 11.5 Å². The van der Waals surface area contributed by atoms with Crippen molar-refractivity contribution in [2.24, 2.45) is 0 Å². The van der Waals surface area contributed by atoms with Crippen molar-refractivity contribution in [1.82, 2.24) is 5.32 Å². The first kappa shape index (κ1) is 16.6. The maximum Gasteiger partial charge on any atom is 0.573 e. The van der Waals surface area contributed by atoms with Crippen molar-refractivity contribution in [1.29, 1.82) is 0 Å². The zero-order valence-corrected chi connectivity index (χ0v) is 11.5. The topological polar surface area (TPSA) is 30.5 Å². The van der Waals surface area contributed by atoms with Crippen molar-refractivity contribution >= 4 is 0 Å². The van der Waals surface area contributed by atoms with Crippen molar-refractivity contribution < 1.29 is 22.6 Å². The van der Waals surface area contributed by atoms with Gasteiger partial charge in [-0.25, -0.2) is 0 Å². The van der Waals surface area contributed by atoms with E-state index < -0.39 is 6.36 Å². The zero-order chi connectivity index (χ0) is 14.8. The minimum Gasteiger partial charge on any atom is -0.494 e. The third kappa shape index (κ3) is 7.89. The highest BCUT2D eigenvalue weighted by molar-refractivity contribution is 5.31. The summed E-state index contributed by atoms with van der Waals surface area (Å²) in [6.45, 7) is 4.63. The average molecular weight is 291 g/mol. The summed E-state index contributed by atoms with van der Waals surface area (Å²) in [6.07, 6.45) is -1.64. The van der Waals surface area contributed by atoms with Gasteiger partial charge in [-0.15, -0.1) is 13.2 Å². The number of benzene rings is 1. The molecule has 0 aliphatic heterocycles. The summed E-state index contributed by atoms with van der Waals surface area (Å²) in [4.78, 5) is 0. The first-order valence-electron chi connectivity index (χ1n) is 6.70. The summed E-state index contributed by atoms with van der Waals surface area (Å²) in [5, 5.41) is 3.28. The molecular weight excluding hydrogens is 271 g/mol. The van der Waals surface area contributed by atoms with Crippen LogP contribution in [0.4, 0.5) is 13.2 Å². The molecule has 0 aromatic heterocycles. The predicted molar refractivity (Wildman–Crippen MR) is 71.0 cm³/mol. The lowest BCUT2D eigenvalue weighted by Gasteiger charge is -2.10. The van der Waals surface area contributed by atoms with E-state index in [-0.39, 0.29) is 5.75 Å². The van der Waals surface area contributed by atoms with Crippen molar-refractivity contribution in [2.45, 2.75) is 32.5 Å². The molecule has 3 nitrogen and oxygen atoms in total. The molecule has 0 spiro atoms. The molecule has 1 aromatic rings. The highest BCUT2D eigenvalue weighted by Gasteiger charge is 2.30. The molecule has 1 rings (SSSR count). The summed E-state index contributed by atoms with van der Waals surface area (Å²) in [5.74, 6) is 0.301. The van der Waals surface area contributed by atoms with Crippen molar-refractivity contribution in [2.75, 3.05) is 19.7 Å². The van der Waals surface area contributed by atoms with Crippen LogP contribution in [0, 0.1) is 0 Å². The number of nitrogens with one attached hydrogen (secondary N) is 1. The number of ether oxygens (including phenoxy) is 2. The minimum absolute atomic E-state index is 0.242. The second-order valence-corrected chi connectivity index (χ2v) is 4.32. The highest BCUT2D eigenvalue weighted by Crippen LogP contribution is 2.24. The molecule has 0 bridgehead atoms. The van der Waals surface area contributed by atoms with Gasteiger partial charge in [-0.1, -0.05) is 6.92 Å².